The predicted molar refractivity (Wildman–Crippen MR) is 227 cm³/mol. The molecule has 0 bridgehead atoms. The van der Waals surface area contributed by atoms with E-state index in [0.29, 0.717) is 43.7 Å². The summed E-state index contributed by atoms with van der Waals surface area (Å²) in [6, 6.07) is 44.0. The van der Waals surface area contributed by atoms with E-state index in [1.54, 1.807) is 28.0 Å². The first-order valence-corrected chi connectivity index (χ1v) is 18.9. The van der Waals surface area contributed by atoms with Gasteiger partial charge in [-0.3, -0.25) is 19.4 Å². The van der Waals surface area contributed by atoms with Gasteiger partial charge in [0.05, 0.1) is 28.0 Å². The van der Waals surface area contributed by atoms with Gasteiger partial charge < -0.3 is 0 Å². The quantitative estimate of drug-likeness (QED) is 0.102. The zero-order valence-corrected chi connectivity index (χ0v) is 30.4. The lowest BCUT2D eigenvalue weighted by molar-refractivity contribution is 0.0989. The highest BCUT2D eigenvalue weighted by atomic mass is 19.1. The lowest BCUT2D eigenvalue weighted by atomic mass is 9.88. The molecule has 0 saturated heterocycles. The first-order chi connectivity index (χ1) is 28.5. The minimum atomic E-state index is -0.553. The Kier molecular flexibility index (Phi) is 6.61. The summed E-state index contributed by atoms with van der Waals surface area (Å²) < 4.78 is 33.4. The van der Waals surface area contributed by atoms with E-state index in [9.17, 15) is 9.59 Å². The number of hydrogen-bond donors (Lipinski definition) is 0. The van der Waals surface area contributed by atoms with Crippen LogP contribution in [0.3, 0.4) is 0 Å². The van der Waals surface area contributed by atoms with E-state index < -0.39 is 23.2 Å². The van der Waals surface area contributed by atoms with Crippen molar-refractivity contribution in [2.45, 2.75) is 0 Å². The third kappa shape index (κ3) is 4.34. The lowest BCUT2D eigenvalue weighted by Gasteiger charge is -2.27. The van der Waals surface area contributed by atoms with Crippen molar-refractivity contribution >= 4 is 99.5 Å². The minimum absolute atomic E-state index is 0.0574. The molecule has 10 aromatic rings. The molecule has 0 amide bonds. The number of Topliss-reactive ketones (excluding diaryl/α,β-unsaturated/α-hetero) is 2. The molecule has 0 N–H and O–H groups in total. The molecule has 8 heteroatoms. The Morgan fingerprint density at radius 1 is 0.431 bits per heavy atom. The van der Waals surface area contributed by atoms with Gasteiger partial charge in [-0.1, -0.05) is 121 Å². The molecule has 0 unspecified atom stereocenters. The van der Waals surface area contributed by atoms with E-state index in [0.717, 1.165) is 32.3 Å². The number of carbonyl (C=O) groups is 2. The molecule has 2 aliphatic rings. The van der Waals surface area contributed by atoms with Crippen LogP contribution in [0.4, 0.5) is 31.8 Å². The monoisotopic (exact) mass is 752 g/mol. The fourth-order valence-corrected chi connectivity index (χ4v) is 9.10. The summed E-state index contributed by atoms with van der Waals surface area (Å²) in [5, 5.41) is 7.90. The maximum absolute atomic E-state index is 16.7. The minimum Gasteiger partial charge on any atom is -0.288 e. The number of para-hydroxylation sites is 2. The van der Waals surface area contributed by atoms with Gasteiger partial charge >= 0.3 is 0 Å². The number of aromatic nitrogens is 2. The van der Waals surface area contributed by atoms with Crippen molar-refractivity contribution in [3.63, 3.8) is 0 Å². The van der Waals surface area contributed by atoms with Gasteiger partial charge in [0.25, 0.3) is 0 Å². The molecule has 0 atom stereocenters. The molecule has 1 aliphatic carbocycles. The van der Waals surface area contributed by atoms with Crippen molar-refractivity contribution < 1.29 is 18.4 Å². The largest absolute Gasteiger partial charge is 0.288 e. The highest BCUT2D eigenvalue weighted by Gasteiger charge is 2.42. The topological polar surface area (TPSA) is 66.4 Å². The first kappa shape index (κ1) is 32.4. The van der Waals surface area contributed by atoms with Crippen LogP contribution in [0, 0.1) is 11.6 Å². The van der Waals surface area contributed by atoms with E-state index in [1.165, 1.54) is 18.2 Å². The molecule has 1 aliphatic heterocycles. The molecule has 1 aromatic heterocycles. The summed E-state index contributed by atoms with van der Waals surface area (Å²) >= 11 is 0. The molecule has 9 aromatic carbocycles. The van der Waals surface area contributed by atoms with E-state index in [-0.39, 0.29) is 34.4 Å². The van der Waals surface area contributed by atoms with Gasteiger partial charge in [-0.2, -0.15) is 0 Å². The molecule has 0 fully saturated rings. The van der Waals surface area contributed by atoms with Gasteiger partial charge in [0.2, 0.25) is 0 Å². The third-order valence-corrected chi connectivity index (χ3v) is 11.6. The van der Waals surface area contributed by atoms with Gasteiger partial charge in [-0.25, -0.2) is 18.7 Å². The average molecular weight is 753 g/mol. The molecule has 2 heterocycles. The summed E-state index contributed by atoms with van der Waals surface area (Å²) in [6.07, 6.45) is 3.08. The number of ketones is 2. The molecule has 0 radical (unpaired) electrons. The van der Waals surface area contributed by atoms with E-state index in [4.69, 9.17) is 9.97 Å². The Balaban J connectivity index is 1.17. The van der Waals surface area contributed by atoms with Crippen LogP contribution < -0.4 is 9.80 Å². The van der Waals surface area contributed by atoms with Gasteiger partial charge in [0.1, 0.15) is 17.5 Å². The summed E-state index contributed by atoms with van der Waals surface area (Å²) in [7, 11) is 0. The molecular weight excluding hydrogens is 727 g/mol. The smallest absolute Gasteiger partial charge is 0.198 e. The zero-order valence-electron chi connectivity index (χ0n) is 30.4. The highest BCUT2D eigenvalue weighted by Crippen LogP contribution is 2.52. The first-order valence-electron chi connectivity index (χ1n) is 18.9. The van der Waals surface area contributed by atoms with Crippen LogP contribution in [0.25, 0.3) is 64.9 Å². The summed E-state index contributed by atoms with van der Waals surface area (Å²) in [6.45, 7) is 0. The van der Waals surface area contributed by atoms with Crippen molar-refractivity contribution in [2.75, 3.05) is 9.80 Å². The fraction of sp³-hybridized carbons (Fsp3) is 0. The van der Waals surface area contributed by atoms with Gasteiger partial charge in [-0.15, -0.1) is 0 Å². The summed E-state index contributed by atoms with van der Waals surface area (Å²) in [5.41, 5.74) is 2.06. The van der Waals surface area contributed by atoms with Crippen LogP contribution in [0.5, 0.6) is 0 Å². The molecule has 6 nitrogen and oxygen atoms in total. The Morgan fingerprint density at radius 2 is 0.845 bits per heavy atom. The number of carbonyl (C=O) groups excluding carboxylic acids is 2. The highest BCUT2D eigenvalue weighted by molar-refractivity contribution is 6.47. The van der Waals surface area contributed by atoms with Crippen LogP contribution in [-0.2, 0) is 0 Å². The number of fused-ring (bicyclic) bond motifs is 7. The maximum Gasteiger partial charge on any atom is 0.198 e. The van der Waals surface area contributed by atoms with Crippen LogP contribution in [0.1, 0.15) is 20.7 Å². The van der Waals surface area contributed by atoms with Crippen molar-refractivity contribution in [3.8, 4) is 0 Å². The molecule has 0 spiro atoms. The lowest BCUT2D eigenvalue weighted by Crippen LogP contribution is -2.24. The summed E-state index contributed by atoms with van der Waals surface area (Å²) in [5.74, 6) is -1.22. The molecule has 0 saturated carbocycles. The van der Waals surface area contributed by atoms with Crippen LogP contribution >= 0.6 is 0 Å². The number of anilines is 4. The van der Waals surface area contributed by atoms with Gasteiger partial charge in [0, 0.05) is 21.9 Å². The standard InChI is InChI=1S/C50H26F2N4O2/c51-36-24-21-27-9-1-3-13-31(27)45(36)55-40(56(46-32-14-4-2-10-28(32)22-25-37(46)52)50-49(55)53-38-17-5-6-18-39(38)54-50)26-23-35-47(57)43-33-15-7-11-29-19-20-30-12-8-16-34(42(30)41(29)33)44(43)48(35)58/h1-26H. The number of benzene rings is 9. The van der Waals surface area contributed by atoms with Crippen molar-refractivity contribution in [3.05, 3.63) is 192 Å². The number of allylic oxidation sites excluding steroid dienone is 3. The van der Waals surface area contributed by atoms with Crippen LogP contribution in [0.2, 0.25) is 0 Å². The van der Waals surface area contributed by atoms with Gasteiger partial charge in [-0.05, 0) is 79.5 Å². The molecule has 272 valence electrons. The fourth-order valence-electron chi connectivity index (χ4n) is 9.10. The number of hydrogen-bond acceptors (Lipinski definition) is 6. The Morgan fingerprint density at radius 3 is 1.34 bits per heavy atom. The van der Waals surface area contributed by atoms with Gasteiger partial charge in [0.15, 0.2) is 23.2 Å². The van der Waals surface area contributed by atoms with Crippen molar-refractivity contribution in [1.29, 1.82) is 0 Å². The molecular formula is C50H26F2N4O2. The molecule has 58 heavy (non-hydrogen) atoms. The second-order valence-corrected chi connectivity index (χ2v) is 14.7. The Hall–Kier alpha value is -7.84. The molecule has 12 rings (SSSR count). The maximum atomic E-state index is 16.7. The SMILES string of the molecule is O=C1C(=CC=C2N(c3c(F)ccc4ccccc34)c3nc4ccccc4nc3N2c2c(F)ccc3ccccc23)C(=O)c2c1c1cccc3ccc4cccc2c4c31. The van der Waals surface area contributed by atoms with Crippen LogP contribution in [-0.4, -0.2) is 21.5 Å². The number of nitrogens with zero attached hydrogens (tertiary/aromatic N) is 4. The number of halogens is 2. The predicted octanol–water partition coefficient (Wildman–Crippen LogP) is 12.2. The Bertz CT molecular complexity index is 3330. The van der Waals surface area contributed by atoms with Crippen molar-refractivity contribution in [1.82, 2.24) is 9.97 Å². The average Bonchev–Trinajstić information content (AvgIpc) is 3.69. The van der Waals surface area contributed by atoms with E-state index >= 15 is 8.78 Å². The zero-order chi connectivity index (χ0) is 38.8. The van der Waals surface area contributed by atoms with Crippen LogP contribution in [0.15, 0.2) is 169 Å². The summed E-state index contributed by atoms with van der Waals surface area (Å²) in [4.78, 5) is 42.8. The third-order valence-electron chi connectivity index (χ3n) is 11.6. The normalized spacial score (nSPS) is 14.0. The second-order valence-electron chi connectivity index (χ2n) is 14.7. The van der Waals surface area contributed by atoms with Crippen molar-refractivity contribution in [2.24, 2.45) is 0 Å². The Labute approximate surface area is 328 Å². The number of rotatable bonds is 3. The van der Waals surface area contributed by atoms with E-state index in [1.807, 2.05) is 121 Å². The van der Waals surface area contributed by atoms with E-state index in [2.05, 4.69) is 0 Å². The second kappa shape index (κ2) is 11.8.